The summed E-state index contributed by atoms with van der Waals surface area (Å²) < 4.78 is 14.6. The molecule has 6 nitrogen and oxygen atoms in total. The minimum absolute atomic E-state index is 0.0227. The summed E-state index contributed by atoms with van der Waals surface area (Å²) in [6.07, 6.45) is 4.60. The van der Waals surface area contributed by atoms with Gasteiger partial charge in [-0.15, -0.1) is 0 Å². The highest BCUT2D eigenvalue weighted by Gasteiger charge is 2.19. The second-order valence-corrected chi connectivity index (χ2v) is 6.50. The molecule has 1 aliphatic heterocycles. The van der Waals surface area contributed by atoms with Gasteiger partial charge >= 0.3 is 0 Å². The SMILES string of the molecule is Cc1cc(F)ccc1-n1cc(O)c(C(=O)NCCC2CCCNC2)n1. The molecule has 1 fully saturated rings. The molecule has 1 aromatic heterocycles. The van der Waals surface area contributed by atoms with E-state index in [1.165, 1.54) is 35.9 Å². The summed E-state index contributed by atoms with van der Waals surface area (Å²) in [5, 5.41) is 20.3. The van der Waals surface area contributed by atoms with Gasteiger partial charge in [-0.2, -0.15) is 5.10 Å². The number of carbonyl (C=O) groups excluding carboxylic acids is 1. The topological polar surface area (TPSA) is 79.2 Å². The Morgan fingerprint density at radius 2 is 2.36 bits per heavy atom. The number of hydrogen-bond donors (Lipinski definition) is 3. The molecule has 1 aromatic carbocycles. The van der Waals surface area contributed by atoms with Crippen molar-refractivity contribution in [2.24, 2.45) is 5.92 Å². The fourth-order valence-corrected chi connectivity index (χ4v) is 3.17. The van der Waals surface area contributed by atoms with E-state index >= 15 is 0 Å². The number of aromatic hydroxyl groups is 1. The first-order chi connectivity index (χ1) is 12.0. The first-order valence-electron chi connectivity index (χ1n) is 8.58. The summed E-state index contributed by atoms with van der Waals surface area (Å²) in [7, 11) is 0. The van der Waals surface area contributed by atoms with Crippen molar-refractivity contribution >= 4 is 5.91 Å². The van der Waals surface area contributed by atoms with Gasteiger partial charge in [0.25, 0.3) is 5.91 Å². The smallest absolute Gasteiger partial charge is 0.275 e. The maximum Gasteiger partial charge on any atom is 0.275 e. The number of nitrogens with zero attached hydrogens (tertiary/aromatic N) is 2. The molecule has 0 radical (unpaired) electrons. The molecular weight excluding hydrogens is 323 g/mol. The van der Waals surface area contributed by atoms with Crippen LogP contribution in [0.15, 0.2) is 24.4 Å². The highest BCUT2D eigenvalue weighted by atomic mass is 19.1. The van der Waals surface area contributed by atoms with Gasteiger partial charge in [0.15, 0.2) is 11.4 Å². The van der Waals surface area contributed by atoms with Crippen LogP contribution in [0.5, 0.6) is 5.75 Å². The van der Waals surface area contributed by atoms with Crippen LogP contribution in [0.25, 0.3) is 5.69 Å². The van der Waals surface area contributed by atoms with Crippen LogP contribution in [-0.2, 0) is 0 Å². The van der Waals surface area contributed by atoms with Gasteiger partial charge in [-0.05, 0) is 69.0 Å². The molecule has 0 spiro atoms. The third kappa shape index (κ3) is 4.17. The summed E-state index contributed by atoms with van der Waals surface area (Å²) in [5.41, 5.74) is 1.26. The van der Waals surface area contributed by atoms with Gasteiger partial charge < -0.3 is 15.7 Å². The monoisotopic (exact) mass is 346 g/mol. The Labute approximate surface area is 146 Å². The molecule has 0 aliphatic carbocycles. The Bertz CT molecular complexity index is 754. The standard InChI is InChI=1S/C18H23FN4O2/c1-12-9-14(19)4-5-15(12)23-11-16(24)17(22-23)18(25)21-8-6-13-3-2-7-20-10-13/h4-5,9,11,13,20,24H,2-3,6-8,10H2,1H3,(H,21,25). The Kier molecular flexibility index (Phi) is 5.33. The molecule has 1 unspecified atom stereocenters. The van der Waals surface area contributed by atoms with Gasteiger partial charge in [0.1, 0.15) is 5.82 Å². The molecule has 25 heavy (non-hydrogen) atoms. The number of halogens is 1. The van der Waals surface area contributed by atoms with Gasteiger partial charge in [0.2, 0.25) is 0 Å². The number of rotatable bonds is 5. The van der Waals surface area contributed by atoms with E-state index in [1.807, 2.05) is 0 Å². The Balaban J connectivity index is 1.64. The van der Waals surface area contributed by atoms with E-state index in [1.54, 1.807) is 13.0 Å². The second-order valence-electron chi connectivity index (χ2n) is 6.50. The van der Waals surface area contributed by atoms with Crippen LogP contribution >= 0.6 is 0 Å². The summed E-state index contributed by atoms with van der Waals surface area (Å²) >= 11 is 0. The number of aryl methyl sites for hydroxylation is 1. The maximum atomic E-state index is 13.2. The van der Waals surface area contributed by atoms with Crippen molar-refractivity contribution in [3.05, 3.63) is 41.5 Å². The molecule has 1 atom stereocenters. The number of nitrogens with one attached hydrogen (secondary N) is 2. The average molecular weight is 346 g/mol. The second kappa shape index (κ2) is 7.65. The van der Waals surface area contributed by atoms with Crippen LogP contribution in [0.2, 0.25) is 0 Å². The fraction of sp³-hybridized carbons (Fsp3) is 0.444. The van der Waals surface area contributed by atoms with Gasteiger partial charge in [-0.3, -0.25) is 4.79 Å². The minimum atomic E-state index is -0.403. The lowest BCUT2D eigenvalue weighted by molar-refractivity contribution is 0.0942. The van der Waals surface area contributed by atoms with Crippen molar-refractivity contribution in [3.63, 3.8) is 0 Å². The van der Waals surface area contributed by atoms with Crippen molar-refractivity contribution in [1.29, 1.82) is 0 Å². The predicted octanol–water partition coefficient (Wildman–Crippen LogP) is 2.14. The first kappa shape index (κ1) is 17.4. The number of amides is 1. The van der Waals surface area contributed by atoms with Crippen LogP contribution < -0.4 is 10.6 Å². The summed E-state index contributed by atoms with van der Waals surface area (Å²) in [5.74, 6) is -0.366. The molecule has 134 valence electrons. The molecule has 1 saturated heterocycles. The van der Waals surface area contributed by atoms with Crippen LogP contribution in [0.4, 0.5) is 4.39 Å². The average Bonchev–Trinajstić information content (AvgIpc) is 2.97. The molecule has 7 heteroatoms. The Morgan fingerprint density at radius 1 is 1.52 bits per heavy atom. The van der Waals surface area contributed by atoms with Crippen molar-refractivity contribution in [2.75, 3.05) is 19.6 Å². The van der Waals surface area contributed by atoms with Gasteiger partial charge in [0.05, 0.1) is 11.9 Å². The van der Waals surface area contributed by atoms with Gasteiger partial charge in [-0.1, -0.05) is 0 Å². The quantitative estimate of drug-likeness (QED) is 0.775. The van der Waals surface area contributed by atoms with Gasteiger partial charge in [-0.25, -0.2) is 9.07 Å². The van der Waals surface area contributed by atoms with E-state index in [0.717, 1.165) is 19.5 Å². The first-order valence-corrected chi connectivity index (χ1v) is 8.58. The summed E-state index contributed by atoms with van der Waals surface area (Å²) in [6.45, 7) is 4.35. The van der Waals surface area contributed by atoms with Crippen LogP contribution in [0.1, 0.15) is 35.3 Å². The fourth-order valence-electron chi connectivity index (χ4n) is 3.17. The van der Waals surface area contributed by atoms with E-state index in [9.17, 15) is 14.3 Å². The molecule has 0 bridgehead atoms. The van der Waals surface area contributed by atoms with E-state index < -0.39 is 5.91 Å². The van der Waals surface area contributed by atoms with Crippen molar-refractivity contribution in [2.45, 2.75) is 26.2 Å². The van der Waals surface area contributed by atoms with Crippen molar-refractivity contribution in [1.82, 2.24) is 20.4 Å². The molecular formula is C18H23FN4O2. The summed E-state index contributed by atoms with van der Waals surface area (Å²) in [6, 6.07) is 4.26. The third-order valence-corrected chi connectivity index (χ3v) is 4.55. The van der Waals surface area contributed by atoms with Crippen LogP contribution in [0, 0.1) is 18.7 Å². The van der Waals surface area contributed by atoms with Crippen molar-refractivity contribution in [3.8, 4) is 11.4 Å². The zero-order valence-corrected chi connectivity index (χ0v) is 14.3. The van der Waals surface area contributed by atoms with E-state index in [0.29, 0.717) is 23.7 Å². The minimum Gasteiger partial charge on any atom is -0.504 e. The molecule has 3 N–H and O–H groups in total. The lowest BCUT2D eigenvalue weighted by atomic mass is 9.96. The number of piperidine rings is 1. The van der Waals surface area contributed by atoms with E-state index in [-0.39, 0.29) is 17.3 Å². The third-order valence-electron chi connectivity index (χ3n) is 4.55. The zero-order valence-electron chi connectivity index (χ0n) is 14.3. The number of hydrogen-bond acceptors (Lipinski definition) is 4. The highest BCUT2D eigenvalue weighted by molar-refractivity contribution is 5.94. The molecule has 0 saturated carbocycles. The molecule has 2 aromatic rings. The Hall–Kier alpha value is -2.41. The van der Waals surface area contributed by atoms with Crippen LogP contribution in [0.3, 0.4) is 0 Å². The zero-order chi connectivity index (χ0) is 17.8. The molecule has 1 amide bonds. The summed E-state index contributed by atoms with van der Waals surface area (Å²) in [4.78, 5) is 12.3. The van der Waals surface area contributed by atoms with Gasteiger partial charge in [0, 0.05) is 6.54 Å². The van der Waals surface area contributed by atoms with E-state index in [2.05, 4.69) is 15.7 Å². The predicted molar refractivity (Wildman–Crippen MR) is 92.5 cm³/mol. The number of aromatic nitrogens is 2. The normalized spacial score (nSPS) is 17.4. The highest BCUT2D eigenvalue weighted by Crippen LogP contribution is 2.21. The van der Waals surface area contributed by atoms with Crippen molar-refractivity contribution < 1.29 is 14.3 Å². The number of carbonyl (C=O) groups is 1. The maximum absolute atomic E-state index is 13.2. The Morgan fingerprint density at radius 3 is 3.08 bits per heavy atom. The lowest BCUT2D eigenvalue weighted by Crippen LogP contribution is -2.33. The molecule has 1 aliphatic rings. The number of benzene rings is 1. The largest absolute Gasteiger partial charge is 0.504 e. The van der Waals surface area contributed by atoms with E-state index in [4.69, 9.17) is 0 Å². The molecule has 3 rings (SSSR count). The molecule has 2 heterocycles. The van der Waals surface area contributed by atoms with Crippen LogP contribution in [-0.4, -0.2) is 40.4 Å². The lowest BCUT2D eigenvalue weighted by Gasteiger charge is -2.22.